The molecule has 1 unspecified atom stereocenters. The van der Waals surface area contributed by atoms with E-state index in [1.807, 2.05) is 12.1 Å². The van der Waals surface area contributed by atoms with Crippen LogP contribution in [-0.4, -0.2) is 27.7 Å². The van der Waals surface area contributed by atoms with Gasteiger partial charge in [-0.1, -0.05) is 18.2 Å². The summed E-state index contributed by atoms with van der Waals surface area (Å²) in [5.74, 6) is -0.512. The SMILES string of the molecule is CC(C(=O)Nc1ccc([N+](=O)[O-])cc1)N1Cc2ccccc2C1=O. The summed E-state index contributed by atoms with van der Waals surface area (Å²) in [7, 11) is 0. The van der Waals surface area contributed by atoms with Crippen LogP contribution in [0.2, 0.25) is 0 Å². The van der Waals surface area contributed by atoms with Crippen molar-refractivity contribution in [2.24, 2.45) is 0 Å². The Balaban J connectivity index is 1.70. The molecule has 0 spiro atoms. The molecule has 2 aromatic carbocycles. The highest BCUT2D eigenvalue weighted by molar-refractivity contribution is 6.03. The average molecular weight is 325 g/mol. The Labute approximate surface area is 138 Å². The summed E-state index contributed by atoms with van der Waals surface area (Å²) < 4.78 is 0. The quantitative estimate of drug-likeness (QED) is 0.690. The summed E-state index contributed by atoms with van der Waals surface area (Å²) >= 11 is 0. The van der Waals surface area contributed by atoms with E-state index in [1.54, 1.807) is 19.1 Å². The van der Waals surface area contributed by atoms with Crippen molar-refractivity contribution in [1.29, 1.82) is 0 Å². The summed E-state index contributed by atoms with van der Waals surface area (Å²) in [4.78, 5) is 36.4. The molecule has 2 aromatic rings. The summed E-state index contributed by atoms with van der Waals surface area (Å²) in [6.07, 6.45) is 0. The Bertz CT molecular complexity index is 817. The van der Waals surface area contributed by atoms with E-state index in [1.165, 1.54) is 29.2 Å². The van der Waals surface area contributed by atoms with Gasteiger partial charge < -0.3 is 10.2 Å². The number of anilines is 1. The van der Waals surface area contributed by atoms with Gasteiger partial charge in [0.05, 0.1) is 4.92 Å². The van der Waals surface area contributed by atoms with E-state index >= 15 is 0 Å². The second-order valence-corrected chi connectivity index (χ2v) is 5.56. The maximum Gasteiger partial charge on any atom is 0.269 e. The van der Waals surface area contributed by atoms with Gasteiger partial charge in [0.25, 0.3) is 11.6 Å². The largest absolute Gasteiger partial charge is 0.324 e. The minimum atomic E-state index is -0.653. The molecule has 7 heteroatoms. The first kappa shape index (κ1) is 15.7. The van der Waals surface area contributed by atoms with Crippen molar-refractivity contribution >= 4 is 23.2 Å². The van der Waals surface area contributed by atoms with Crippen LogP contribution in [0.15, 0.2) is 48.5 Å². The molecule has 1 heterocycles. The van der Waals surface area contributed by atoms with Crippen molar-refractivity contribution in [3.05, 3.63) is 69.8 Å². The molecule has 0 aliphatic carbocycles. The molecule has 0 aromatic heterocycles. The fraction of sp³-hybridized carbons (Fsp3) is 0.176. The highest BCUT2D eigenvalue weighted by Crippen LogP contribution is 2.25. The van der Waals surface area contributed by atoms with Crippen LogP contribution in [0.25, 0.3) is 0 Å². The molecule has 1 atom stereocenters. The van der Waals surface area contributed by atoms with Gasteiger partial charge in [0.1, 0.15) is 6.04 Å². The van der Waals surface area contributed by atoms with Gasteiger partial charge >= 0.3 is 0 Å². The average Bonchev–Trinajstić information content (AvgIpc) is 2.92. The third-order valence-corrected chi connectivity index (χ3v) is 4.04. The number of carbonyl (C=O) groups excluding carboxylic acids is 2. The van der Waals surface area contributed by atoms with Crippen LogP contribution < -0.4 is 5.32 Å². The number of nitro groups is 1. The number of carbonyl (C=O) groups is 2. The third-order valence-electron chi connectivity index (χ3n) is 4.04. The van der Waals surface area contributed by atoms with E-state index in [4.69, 9.17) is 0 Å². The van der Waals surface area contributed by atoms with Crippen molar-refractivity contribution in [1.82, 2.24) is 4.90 Å². The van der Waals surface area contributed by atoms with Gasteiger partial charge in [-0.15, -0.1) is 0 Å². The number of hydrogen-bond donors (Lipinski definition) is 1. The standard InChI is InChI=1S/C17H15N3O4/c1-11(19-10-12-4-2-3-5-15(12)17(19)22)16(21)18-13-6-8-14(9-7-13)20(23)24/h2-9,11H,10H2,1H3,(H,18,21). The second kappa shape index (κ2) is 6.11. The van der Waals surface area contributed by atoms with Crippen LogP contribution in [0.3, 0.4) is 0 Å². The molecule has 1 aliphatic rings. The molecule has 2 amide bonds. The van der Waals surface area contributed by atoms with E-state index in [2.05, 4.69) is 5.32 Å². The molecule has 0 saturated carbocycles. The molecule has 1 aliphatic heterocycles. The zero-order valence-corrected chi connectivity index (χ0v) is 12.9. The lowest BCUT2D eigenvalue weighted by atomic mass is 10.1. The summed E-state index contributed by atoms with van der Waals surface area (Å²) in [6, 6.07) is 12.2. The lowest BCUT2D eigenvalue weighted by Crippen LogP contribution is -2.42. The predicted molar refractivity (Wildman–Crippen MR) is 87.5 cm³/mol. The molecule has 3 rings (SSSR count). The first-order valence-corrected chi connectivity index (χ1v) is 7.41. The van der Waals surface area contributed by atoms with Crippen molar-refractivity contribution in [3.8, 4) is 0 Å². The Morgan fingerprint density at radius 2 is 1.88 bits per heavy atom. The summed E-state index contributed by atoms with van der Waals surface area (Å²) in [6.45, 7) is 2.05. The lowest BCUT2D eigenvalue weighted by Gasteiger charge is -2.23. The Morgan fingerprint density at radius 3 is 2.50 bits per heavy atom. The summed E-state index contributed by atoms with van der Waals surface area (Å²) in [5, 5.41) is 13.3. The first-order valence-electron chi connectivity index (χ1n) is 7.41. The van der Waals surface area contributed by atoms with E-state index in [0.29, 0.717) is 17.8 Å². The molecular weight excluding hydrogens is 310 g/mol. The molecule has 0 bridgehead atoms. The Hall–Kier alpha value is -3.22. The molecule has 7 nitrogen and oxygen atoms in total. The van der Waals surface area contributed by atoms with Crippen LogP contribution >= 0.6 is 0 Å². The van der Waals surface area contributed by atoms with Gasteiger partial charge in [0, 0.05) is 29.9 Å². The van der Waals surface area contributed by atoms with E-state index in [9.17, 15) is 19.7 Å². The van der Waals surface area contributed by atoms with Crippen LogP contribution in [0, 0.1) is 10.1 Å². The van der Waals surface area contributed by atoms with Crippen molar-refractivity contribution < 1.29 is 14.5 Å². The molecule has 0 saturated heterocycles. The predicted octanol–water partition coefficient (Wildman–Crippen LogP) is 2.58. The minimum Gasteiger partial charge on any atom is -0.324 e. The number of nitrogens with one attached hydrogen (secondary N) is 1. The topological polar surface area (TPSA) is 92.5 Å². The van der Waals surface area contributed by atoms with Gasteiger partial charge in [-0.3, -0.25) is 19.7 Å². The third kappa shape index (κ3) is 2.83. The number of hydrogen-bond acceptors (Lipinski definition) is 4. The summed E-state index contributed by atoms with van der Waals surface area (Å²) in [5.41, 5.74) is 1.91. The second-order valence-electron chi connectivity index (χ2n) is 5.56. The van der Waals surface area contributed by atoms with Crippen molar-refractivity contribution in [2.75, 3.05) is 5.32 Å². The molecule has 122 valence electrons. The van der Waals surface area contributed by atoms with Crippen LogP contribution in [0.4, 0.5) is 11.4 Å². The highest BCUT2D eigenvalue weighted by atomic mass is 16.6. The lowest BCUT2D eigenvalue weighted by molar-refractivity contribution is -0.384. The first-order chi connectivity index (χ1) is 11.5. The molecule has 1 N–H and O–H groups in total. The zero-order valence-electron chi connectivity index (χ0n) is 12.9. The maximum absolute atomic E-state index is 12.4. The number of non-ortho nitro benzene ring substituents is 1. The highest BCUT2D eigenvalue weighted by Gasteiger charge is 2.33. The molecule has 0 radical (unpaired) electrons. The van der Waals surface area contributed by atoms with E-state index in [0.717, 1.165) is 5.56 Å². The number of amides is 2. The number of rotatable bonds is 4. The van der Waals surface area contributed by atoms with E-state index in [-0.39, 0.29) is 17.5 Å². The number of fused-ring (bicyclic) bond motifs is 1. The molecule has 24 heavy (non-hydrogen) atoms. The minimum absolute atomic E-state index is 0.0498. The number of benzene rings is 2. The Kier molecular flexibility index (Phi) is 3.99. The fourth-order valence-electron chi connectivity index (χ4n) is 2.64. The van der Waals surface area contributed by atoms with Gasteiger partial charge in [-0.25, -0.2) is 0 Å². The van der Waals surface area contributed by atoms with Gasteiger partial charge in [0.2, 0.25) is 5.91 Å². The number of nitro benzene ring substituents is 1. The molecule has 0 fully saturated rings. The van der Waals surface area contributed by atoms with Gasteiger partial charge in [0.15, 0.2) is 0 Å². The van der Waals surface area contributed by atoms with E-state index < -0.39 is 11.0 Å². The maximum atomic E-state index is 12.4. The fourth-order valence-corrected chi connectivity index (χ4v) is 2.64. The monoisotopic (exact) mass is 325 g/mol. The smallest absolute Gasteiger partial charge is 0.269 e. The van der Waals surface area contributed by atoms with Crippen molar-refractivity contribution in [3.63, 3.8) is 0 Å². The normalized spacial score (nSPS) is 14.2. The molecular formula is C17H15N3O4. The van der Waals surface area contributed by atoms with Gasteiger partial charge in [-0.2, -0.15) is 0 Å². The Morgan fingerprint density at radius 1 is 1.21 bits per heavy atom. The van der Waals surface area contributed by atoms with Crippen LogP contribution in [0.1, 0.15) is 22.8 Å². The van der Waals surface area contributed by atoms with Crippen LogP contribution in [-0.2, 0) is 11.3 Å². The van der Waals surface area contributed by atoms with Crippen molar-refractivity contribution in [2.45, 2.75) is 19.5 Å². The number of nitrogens with zero attached hydrogens (tertiary/aromatic N) is 2. The van der Waals surface area contributed by atoms with Gasteiger partial charge in [-0.05, 0) is 30.7 Å². The zero-order chi connectivity index (χ0) is 17.3. The van der Waals surface area contributed by atoms with Crippen LogP contribution in [0.5, 0.6) is 0 Å².